The van der Waals surface area contributed by atoms with Crippen molar-refractivity contribution in [1.29, 1.82) is 0 Å². The lowest BCUT2D eigenvalue weighted by atomic mass is 10.2. The molecule has 0 saturated carbocycles. The molecule has 1 heterocycles. The fraction of sp³-hybridized carbons (Fsp3) is 0.0833. The highest BCUT2D eigenvalue weighted by Gasteiger charge is 2.30. The number of halogens is 1. The van der Waals surface area contributed by atoms with Gasteiger partial charge in [-0.25, -0.2) is 9.69 Å². The van der Waals surface area contributed by atoms with Crippen LogP contribution in [-0.4, -0.2) is 24.9 Å². The van der Waals surface area contributed by atoms with Gasteiger partial charge in [0.25, 0.3) is 11.8 Å². The van der Waals surface area contributed by atoms with E-state index in [1.807, 2.05) is 22.6 Å². The van der Waals surface area contributed by atoms with Gasteiger partial charge in [-0.05, 0) is 46.9 Å². The number of nitrogens with zero attached hydrogens (tertiary/aromatic N) is 1. The van der Waals surface area contributed by atoms with Crippen LogP contribution in [0.25, 0.3) is 0 Å². The molecule has 0 N–H and O–H groups in total. The highest BCUT2D eigenvalue weighted by atomic mass is 127. The number of rotatable bonds is 2. The van der Waals surface area contributed by atoms with Crippen molar-refractivity contribution >= 4 is 46.1 Å². The molecule has 6 heteroatoms. The number of esters is 1. The maximum atomic E-state index is 11.7. The molecule has 0 aromatic heterocycles. The van der Waals surface area contributed by atoms with E-state index in [2.05, 4.69) is 4.74 Å². The number of carbonyl (C=O) groups is 3. The predicted octanol–water partition coefficient (Wildman–Crippen LogP) is 1.67. The third kappa shape index (κ3) is 2.15. The molecule has 0 unspecified atom stereocenters. The molecular formula is C12H8INO4. The molecule has 0 bridgehead atoms. The van der Waals surface area contributed by atoms with Gasteiger partial charge >= 0.3 is 5.97 Å². The zero-order chi connectivity index (χ0) is 13.3. The number of benzene rings is 1. The predicted molar refractivity (Wildman–Crippen MR) is 72.4 cm³/mol. The average molecular weight is 357 g/mol. The van der Waals surface area contributed by atoms with Crippen LogP contribution >= 0.6 is 22.6 Å². The summed E-state index contributed by atoms with van der Waals surface area (Å²) in [7, 11) is 1.29. The molecule has 0 atom stereocenters. The van der Waals surface area contributed by atoms with Gasteiger partial charge in [0.15, 0.2) is 0 Å². The summed E-state index contributed by atoms with van der Waals surface area (Å²) in [5, 5.41) is 0. The number of anilines is 1. The van der Waals surface area contributed by atoms with Crippen LogP contribution in [-0.2, 0) is 14.3 Å². The first-order valence-electron chi connectivity index (χ1n) is 4.98. The van der Waals surface area contributed by atoms with Crippen molar-refractivity contribution in [3.63, 3.8) is 0 Å². The molecule has 0 saturated heterocycles. The third-order valence-corrected chi connectivity index (χ3v) is 3.20. The second-order valence-electron chi connectivity index (χ2n) is 3.51. The highest BCUT2D eigenvalue weighted by Crippen LogP contribution is 2.25. The summed E-state index contributed by atoms with van der Waals surface area (Å²) in [6, 6.07) is 6.08. The van der Waals surface area contributed by atoms with Crippen LogP contribution in [0.3, 0.4) is 0 Å². The first kappa shape index (κ1) is 12.7. The van der Waals surface area contributed by atoms with Crippen LogP contribution < -0.4 is 4.90 Å². The topological polar surface area (TPSA) is 63.7 Å². The van der Waals surface area contributed by atoms with Gasteiger partial charge in [0.1, 0.15) is 0 Å². The van der Waals surface area contributed by atoms with E-state index in [1.54, 1.807) is 0 Å². The second kappa shape index (κ2) is 4.89. The zero-order valence-electron chi connectivity index (χ0n) is 9.34. The Bertz CT molecular complexity index is 562. The van der Waals surface area contributed by atoms with Gasteiger partial charge < -0.3 is 4.74 Å². The van der Waals surface area contributed by atoms with Gasteiger partial charge in [-0.2, -0.15) is 0 Å². The molecule has 1 aromatic carbocycles. The van der Waals surface area contributed by atoms with E-state index in [-0.39, 0.29) is 11.8 Å². The molecule has 2 rings (SSSR count). The molecule has 0 spiro atoms. The number of carbonyl (C=O) groups excluding carboxylic acids is 3. The molecular weight excluding hydrogens is 349 g/mol. The largest absolute Gasteiger partial charge is 0.465 e. The minimum absolute atomic E-state index is 0.355. The van der Waals surface area contributed by atoms with Crippen LogP contribution in [0.4, 0.5) is 5.69 Å². The molecule has 92 valence electrons. The van der Waals surface area contributed by atoms with E-state index in [4.69, 9.17) is 0 Å². The highest BCUT2D eigenvalue weighted by molar-refractivity contribution is 14.1. The van der Waals surface area contributed by atoms with Gasteiger partial charge in [-0.3, -0.25) is 9.59 Å². The standard InChI is InChI=1S/C12H8INO4/c1-18-12(17)7-2-4-8(5-3-7)14-10(15)6-9(13)11(14)16/h2-6H,1H3. The molecule has 0 fully saturated rings. The van der Waals surface area contributed by atoms with E-state index >= 15 is 0 Å². The van der Waals surface area contributed by atoms with Crippen LogP contribution in [0.1, 0.15) is 10.4 Å². The summed E-state index contributed by atoms with van der Waals surface area (Å²) < 4.78 is 4.93. The lowest BCUT2D eigenvalue weighted by Gasteiger charge is -2.14. The lowest BCUT2D eigenvalue weighted by Crippen LogP contribution is -2.30. The van der Waals surface area contributed by atoms with Crippen LogP contribution in [0.5, 0.6) is 0 Å². The monoisotopic (exact) mass is 357 g/mol. The van der Waals surface area contributed by atoms with Crippen LogP contribution in [0.2, 0.25) is 0 Å². The Kier molecular flexibility index (Phi) is 3.46. The van der Waals surface area contributed by atoms with Crippen molar-refractivity contribution in [2.45, 2.75) is 0 Å². The van der Waals surface area contributed by atoms with Crippen molar-refractivity contribution in [3.8, 4) is 0 Å². The first-order chi connectivity index (χ1) is 8.54. The quantitative estimate of drug-likeness (QED) is 0.459. The van der Waals surface area contributed by atoms with Gasteiger partial charge in [0.2, 0.25) is 0 Å². The van der Waals surface area contributed by atoms with Gasteiger partial charge in [-0.1, -0.05) is 0 Å². The number of hydrogen-bond donors (Lipinski definition) is 0. The molecule has 1 aliphatic heterocycles. The minimum atomic E-state index is -0.465. The van der Waals surface area contributed by atoms with Crippen LogP contribution in [0, 0.1) is 0 Å². The zero-order valence-corrected chi connectivity index (χ0v) is 11.5. The summed E-state index contributed by atoms with van der Waals surface area (Å²) in [5.41, 5.74) is 0.795. The van der Waals surface area contributed by atoms with E-state index < -0.39 is 5.97 Å². The lowest BCUT2D eigenvalue weighted by molar-refractivity contribution is -0.120. The fourth-order valence-corrected chi connectivity index (χ4v) is 2.06. The normalized spacial score (nSPS) is 14.8. The summed E-state index contributed by atoms with van der Waals surface area (Å²) in [6.45, 7) is 0. The van der Waals surface area contributed by atoms with Crippen molar-refractivity contribution < 1.29 is 19.1 Å². The molecule has 0 radical (unpaired) electrons. The molecule has 2 amide bonds. The number of methoxy groups -OCH3 is 1. The van der Waals surface area contributed by atoms with Crippen molar-refractivity contribution in [3.05, 3.63) is 39.5 Å². The first-order valence-corrected chi connectivity index (χ1v) is 6.06. The SMILES string of the molecule is COC(=O)c1ccc(N2C(=O)C=C(I)C2=O)cc1. The fourth-order valence-electron chi connectivity index (χ4n) is 1.55. The Balaban J connectivity index is 2.29. The second-order valence-corrected chi connectivity index (χ2v) is 4.67. The van der Waals surface area contributed by atoms with Crippen molar-refractivity contribution in [2.24, 2.45) is 0 Å². The van der Waals surface area contributed by atoms with Crippen molar-refractivity contribution in [2.75, 3.05) is 12.0 Å². The Morgan fingerprint density at radius 3 is 2.28 bits per heavy atom. The van der Waals surface area contributed by atoms with Crippen LogP contribution in [0.15, 0.2) is 33.9 Å². The number of amides is 2. The molecule has 18 heavy (non-hydrogen) atoms. The summed E-state index contributed by atoms with van der Waals surface area (Å²) in [5.74, 6) is -1.20. The summed E-state index contributed by atoms with van der Waals surface area (Å²) in [4.78, 5) is 35.6. The van der Waals surface area contributed by atoms with E-state index in [0.29, 0.717) is 14.8 Å². The molecule has 1 aliphatic rings. The van der Waals surface area contributed by atoms with E-state index in [0.717, 1.165) is 4.90 Å². The molecule has 0 aliphatic carbocycles. The third-order valence-electron chi connectivity index (χ3n) is 2.42. The molecule has 1 aromatic rings. The average Bonchev–Trinajstić information content (AvgIpc) is 2.63. The van der Waals surface area contributed by atoms with Gasteiger partial charge in [0, 0.05) is 6.08 Å². The number of hydrogen-bond acceptors (Lipinski definition) is 4. The Labute approximate surface area is 117 Å². The molecule has 5 nitrogen and oxygen atoms in total. The van der Waals surface area contributed by atoms with Crippen molar-refractivity contribution in [1.82, 2.24) is 0 Å². The Morgan fingerprint density at radius 1 is 1.22 bits per heavy atom. The minimum Gasteiger partial charge on any atom is -0.465 e. The maximum absolute atomic E-state index is 11.7. The number of imide groups is 1. The smallest absolute Gasteiger partial charge is 0.337 e. The van der Waals surface area contributed by atoms with E-state index in [9.17, 15) is 14.4 Å². The van der Waals surface area contributed by atoms with Gasteiger partial charge in [0.05, 0.1) is 21.9 Å². The Morgan fingerprint density at radius 2 is 1.83 bits per heavy atom. The summed E-state index contributed by atoms with van der Waals surface area (Å²) in [6.07, 6.45) is 1.27. The Hall–Kier alpha value is -1.70. The van der Waals surface area contributed by atoms with Gasteiger partial charge in [-0.15, -0.1) is 0 Å². The maximum Gasteiger partial charge on any atom is 0.337 e. The van der Waals surface area contributed by atoms with E-state index in [1.165, 1.54) is 37.5 Å². The summed E-state index contributed by atoms with van der Waals surface area (Å²) >= 11 is 1.81. The number of ether oxygens (including phenoxy) is 1.